The second-order valence-electron chi connectivity index (χ2n) is 5.77. The minimum atomic E-state index is 0.180. The zero-order chi connectivity index (χ0) is 12.6. The van der Waals surface area contributed by atoms with Crippen LogP contribution in [-0.2, 0) is 4.79 Å². The van der Waals surface area contributed by atoms with E-state index in [1.807, 2.05) is 0 Å². The number of isocyanates is 1. The molecular formula is C14H26BNO. The topological polar surface area (TPSA) is 29.4 Å². The highest BCUT2D eigenvalue weighted by molar-refractivity contribution is 6.61. The molecule has 0 heterocycles. The van der Waals surface area contributed by atoms with Crippen LogP contribution in [0.25, 0.3) is 0 Å². The van der Waals surface area contributed by atoms with Crippen molar-refractivity contribution in [1.82, 2.24) is 0 Å². The molecule has 1 aliphatic rings. The summed E-state index contributed by atoms with van der Waals surface area (Å²) in [4.78, 5) is 14.6. The summed E-state index contributed by atoms with van der Waals surface area (Å²) in [5, 5.41) is 0.226. The first-order chi connectivity index (χ1) is 8.23. The lowest BCUT2D eigenvalue weighted by atomic mass is 9.39. The molecule has 0 aliphatic heterocycles. The zero-order valence-electron chi connectivity index (χ0n) is 11.5. The first kappa shape index (κ1) is 14.5. The second kappa shape index (κ2) is 7.71. The third kappa shape index (κ3) is 4.67. The molecule has 0 bridgehead atoms. The van der Waals surface area contributed by atoms with Crippen LogP contribution in [-0.4, -0.2) is 12.9 Å². The Morgan fingerprint density at radius 3 is 1.94 bits per heavy atom. The van der Waals surface area contributed by atoms with Gasteiger partial charge in [-0.1, -0.05) is 78.0 Å². The van der Waals surface area contributed by atoms with E-state index < -0.39 is 0 Å². The van der Waals surface area contributed by atoms with Gasteiger partial charge in [0.1, 0.15) is 0 Å². The van der Waals surface area contributed by atoms with E-state index in [-0.39, 0.29) is 12.2 Å². The monoisotopic (exact) mass is 235 g/mol. The van der Waals surface area contributed by atoms with Gasteiger partial charge < -0.3 is 0 Å². The summed E-state index contributed by atoms with van der Waals surface area (Å²) in [5.41, 5.74) is 0. The van der Waals surface area contributed by atoms with Crippen molar-refractivity contribution in [1.29, 1.82) is 0 Å². The molecule has 1 rings (SSSR count). The van der Waals surface area contributed by atoms with Crippen LogP contribution in [0.4, 0.5) is 0 Å². The SMILES string of the molecule is CCB(N=C=O)C1(C)CCCCCCCCC1. The summed E-state index contributed by atoms with van der Waals surface area (Å²) < 4.78 is 0. The van der Waals surface area contributed by atoms with Crippen LogP contribution < -0.4 is 0 Å². The summed E-state index contributed by atoms with van der Waals surface area (Å²) in [6.45, 7) is 4.64. The van der Waals surface area contributed by atoms with Crippen LogP contribution in [0.2, 0.25) is 11.6 Å². The molecule has 1 aliphatic carbocycles. The highest BCUT2D eigenvalue weighted by Crippen LogP contribution is 2.43. The second-order valence-corrected chi connectivity index (χ2v) is 5.77. The lowest BCUT2D eigenvalue weighted by molar-refractivity contribution is 0.420. The molecule has 3 heteroatoms. The van der Waals surface area contributed by atoms with E-state index in [0.717, 1.165) is 6.32 Å². The average Bonchev–Trinajstić information content (AvgIpc) is 2.34. The molecule has 0 amide bonds. The van der Waals surface area contributed by atoms with E-state index in [9.17, 15) is 4.79 Å². The predicted molar refractivity (Wildman–Crippen MR) is 74.3 cm³/mol. The fourth-order valence-corrected chi connectivity index (χ4v) is 3.20. The van der Waals surface area contributed by atoms with Crippen LogP contribution >= 0.6 is 0 Å². The first-order valence-electron chi connectivity index (χ1n) is 7.30. The lowest BCUT2D eigenvalue weighted by Crippen LogP contribution is -2.28. The summed E-state index contributed by atoms with van der Waals surface area (Å²) in [6.07, 6.45) is 14.6. The lowest BCUT2D eigenvalue weighted by Gasteiger charge is -2.33. The Morgan fingerprint density at radius 1 is 1.06 bits per heavy atom. The maximum Gasteiger partial charge on any atom is 0.301 e. The molecule has 2 nitrogen and oxygen atoms in total. The van der Waals surface area contributed by atoms with Crippen LogP contribution in [0.1, 0.15) is 71.6 Å². The van der Waals surface area contributed by atoms with Crippen LogP contribution in [0, 0.1) is 0 Å². The van der Waals surface area contributed by atoms with Gasteiger partial charge in [-0.25, -0.2) is 4.79 Å². The Morgan fingerprint density at radius 2 is 1.53 bits per heavy atom. The van der Waals surface area contributed by atoms with Gasteiger partial charge in [-0.2, -0.15) is 0 Å². The summed E-state index contributed by atoms with van der Waals surface area (Å²) in [7, 11) is 0. The van der Waals surface area contributed by atoms with Gasteiger partial charge in [0, 0.05) is 0 Å². The number of carbonyl (C=O) groups excluding carboxylic acids is 1. The van der Waals surface area contributed by atoms with Crippen LogP contribution in [0.5, 0.6) is 0 Å². The number of nitrogens with zero attached hydrogens (tertiary/aromatic N) is 1. The normalized spacial score (nSPS) is 21.3. The maximum absolute atomic E-state index is 10.5. The molecular weight excluding hydrogens is 209 g/mol. The average molecular weight is 235 g/mol. The minimum absolute atomic E-state index is 0.180. The fraction of sp³-hybridized carbons (Fsp3) is 0.929. The highest BCUT2D eigenvalue weighted by atomic mass is 16.1. The van der Waals surface area contributed by atoms with E-state index in [0.29, 0.717) is 0 Å². The molecule has 0 unspecified atom stereocenters. The molecule has 1 fully saturated rings. The van der Waals surface area contributed by atoms with Gasteiger partial charge in [-0.3, -0.25) is 4.90 Å². The number of hydrogen-bond donors (Lipinski definition) is 0. The zero-order valence-corrected chi connectivity index (χ0v) is 11.5. The molecule has 96 valence electrons. The van der Waals surface area contributed by atoms with Crippen LogP contribution in [0.15, 0.2) is 4.90 Å². The summed E-state index contributed by atoms with van der Waals surface area (Å²) >= 11 is 0. The Balaban J connectivity index is 2.67. The highest BCUT2D eigenvalue weighted by Gasteiger charge is 2.36. The third-order valence-electron chi connectivity index (χ3n) is 4.40. The van der Waals surface area contributed by atoms with Crippen molar-refractivity contribution in [2.24, 2.45) is 4.90 Å². The van der Waals surface area contributed by atoms with E-state index in [1.165, 1.54) is 57.8 Å². The molecule has 0 aromatic carbocycles. The Kier molecular flexibility index (Phi) is 6.58. The molecule has 0 radical (unpaired) electrons. The summed E-state index contributed by atoms with van der Waals surface area (Å²) in [5.74, 6) is 0. The van der Waals surface area contributed by atoms with Crippen molar-refractivity contribution in [3.05, 3.63) is 0 Å². The van der Waals surface area contributed by atoms with E-state index in [2.05, 4.69) is 18.8 Å². The van der Waals surface area contributed by atoms with Crippen molar-refractivity contribution in [2.75, 3.05) is 0 Å². The standard InChI is InChI=1S/C14H26BNO/c1-3-15(16-13-17)14(2)11-9-7-5-4-6-8-10-12-14/h3-12H2,1-2H3. The number of rotatable bonds is 3. The Labute approximate surface area is 106 Å². The van der Waals surface area contributed by atoms with E-state index in [1.54, 1.807) is 6.08 Å². The fourth-order valence-electron chi connectivity index (χ4n) is 3.20. The molecule has 0 spiro atoms. The minimum Gasteiger partial charge on any atom is -0.268 e. The molecule has 0 atom stereocenters. The third-order valence-corrected chi connectivity index (χ3v) is 4.40. The van der Waals surface area contributed by atoms with Gasteiger partial charge in [-0.15, -0.1) is 0 Å². The van der Waals surface area contributed by atoms with Crippen molar-refractivity contribution >= 4 is 12.9 Å². The largest absolute Gasteiger partial charge is 0.301 e. The number of hydrogen-bond acceptors (Lipinski definition) is 2. The summed E-state index contributed by atoms with van der Waals surface area (Å²) in [6, 6.07) is 0. The molecule has 0 N–H and O–H groups in total. The molecule has 0 aromatic heterocycles. The van der Waals surface area contributed by atoms with Crippen molar-refractivity contribution in [3.8, 4) is 0 Å². The van der Waals surface area contributed by atoms with Crippen LogP contribution in [0.3, 0.4) is 0 Å². The van der Waals surface area contributed by atoms with Crippen molar-refractivity contribution in [2.45, 2.75) is 83.3 Å². The van der Waals surface area contributed by atoms with Gasteiger partial charge in [0.2, 0.25) is 6.08 Å². The van der Waals surface area contributed by atoms with Gasteiger partial charge >= 0.3 is 6.85 Å². The van der Waals surface area contributed by atoms with Gasteiger partial charge in [0.05, 0.1) is 0 Å². The molecule has 17 heavy (non-hydrogen) atoms. The Hall–Kier alpha value is -0.555. The Bertz CT molecular complexity index is 251. The smallest absolute Gasteiger partial charge is 0.268 e. The maximum atomic E-state index is 10.5. The van der Waals surface area contributed by atoms with E-state index in [4.69, 9.17) is 0 Å². The van der Waals surface area contributed by atoms with Crippen molar-refractivity contribution in [3.63, 3.8) is 0 Å². The first-order valence-corrected chi connectivity index (χ1v) is 7.30. The molecule has 1 saturated carbocycles. The molecule has 0 aromatic rings. The van der Waals surface area contributed by atoms with E-state index >= 15 is 0 Å². The van der Waals surface area contributed by atoms with Gasteiger partial charge in [0.15, 0.2) is 0 Å². The van der Waals surface area contributed by atoms with Gasteiger partial charge in [-0.05, 0) is 5.31 Å². The van der Waals surface area contributed by atoms with Gasteiger partial charge in [0.25, 0.3) is 0 Å². The molecule has 0 saturated heterocycles. The quantitative estimate of drug-likeness (QED) is 0.398. The predicted octanol–water partition coefficient (Wildman–Crippen LogP) is 4.62. The van der Waals surface area contributed by atoms with Crippen molar-refractivity contribution < 1.29 is 4.79 Å².